The van der Waals surface area contributed by atoms with Crippen LogP contribution in [0.2, 0.25) is 0 Å². The number of nitrogens with one attached hydrogen (secondary N) is 2. The number of hydrogen-bond donors (Lipinski definition) is 2. The smallest absolute Gasteiger partial charge is 0.265 e. The van der Waals surface area contributed by atoms with Crippen molar-refractivity contribution in [3.63, 3.8) is 0 Å². The number of carbonyl (C=O) groups is 2. The summed E-state index contributed by atoms with van der Waals surface area (Å²) in [4.78, 5) is 25.1. The van der Waals surface area contributed by atoms with Crippen molar-refractivity contribution in [2.45, 2.75) is 46.1 Å². The first-order valence-corrected chi connectivity index (χ1v) is 9.46. The van der Waals surface area contributed by atoms with Gasteiger partial charge in [0, 0.05) is 6.54 Å². The maximum absolute atomic E-state index is 12.7. The highest BCUT2D eigenvalue weighted by Crippen LogP contribution is 2.18. The Hall–Kier alpha value is -2.82. The molecule has 1 atom stereocenters. The molecule has 5 heteroatoms. The second kappa shape index (κ2) is 10.4. The topological polar surface area (TPSA) is 67.4 Å². The van der Waals surface area contributed by atoms with Gasteiger partial charge in [0.05, 0.1) is 11.3 Å². The van der Waals surface area contributed by atoms with Crippen LogP contribution in [0.5, 0.6) is 5.75 Å². The molecule has 0 heterocycles. The van der Waals surface area contributed by atoms with Crippen molar-refractivity contribution in [3.05, 3.63) is 59.7 Å². The minimum absolute atomic E-state index is 0.188. The number of hydrogen-bond acceptors (Lipinski definition) is 3. The monoisotopic (exact) mass is 368 g/mol. The van der Waals surface area contributed by atoms with Crippen LogP contribution in [0, 0.1) is 6.92 Å². The lowest BCUT2D eigenvalue weighted by molar-refractivity contribution is -0.122. The Labute approximate surface area is 161 Å². The first kappa shape index (κ1) is 20.5. The molecule has 2 aromatic carbocycles. The highest BCUT2D eigenvalue weighted by molar-refractivity contribution is 6.04. The molecule has 2 N–H and O–H groups in total. The molecule has 0 aliphatic carbocycles. The van der Waals surface area contributed by atoms with E-state index in [0.717, 1.165) is 18.4 Å². The fourth-order valence-electron chi connectivity index (χ4n) is 2.58. The maximum atomic E-state index is 12.7. The van der Waals surface area contributed by atoms with Gasteiger partial charge in [0.1, 0.15) is 5.75 Å². The fourth-order valence-corrected chi connectivity index (χ4v) is 2.58. The zero-order valence-corrected chi connectivity index (χ0v) is 16.2. The Morgan fingerprint density at radius 1 is 1.04 bits per heavy atom. The van der Waals surface area contributed by atoms with E-state index in [1.54, 1.807) is 24.3 Å². The van der Waals surface area contributed by atoms with Gasteiger partial charge in [-0.3, -0.25) is 9.59 Å². The molecule has 0 saturated carbocycles. The molecule has 0 aliphatic rings. The third-order valence-corrected chi connectivity index (χ3v) is 4.21. The van der Waals surface area contributed by atoms with Crippen molar-refractivity contribution in [1.29, 1.82) is 0 Å². The lowest BCUT2D eigenvalue weighted by atomic mass is 10.1. The summed E-state index contributed by atoms with van der Waals surface area (Å²) in [7, 11) is 0. The van der Waals surface area contributed by atoms with Crippen molar-refractivity contribution >= 4 is 17.5 Å². The summed E-state index contributed by atoms with van der Waals surface area (Å²) in [6, 6.07) is 14.6. The van der Waals surface area contributed by atoms with Crippen LogP contribution in [-0.4, -0.2) is 24.5 Å². The number of benzene rings is 2. The number of ether oxygens (including phenoxy) is 1. The standard InChI is InChI=1S/C22H28N2O3/c1-4-6-15-23-21(25)18-9-7-8-10-19(18)24-22(26)20(5-2)27-17-13-11-16(3)12-14-17/h7-14,20H,4-6,15H2,1-3H3,(H,23,25)(H,24,26). The molecule has 0 fully saturated rings. The maximum Gasteiger partial charge on any atom is 0.265 e. The summed E-state index contributed by atoms with van der Waals surface area (Å²) in [6.45, 7) is 6.57. The zero-order chi connectivity index (χ0) is 19.6. The highest BCUT2D eigenvalue weighted by atomic mass is 16.5. The fraction of sp³-hybridized carbons (Fsp3) is 0.364. The summed E-state index contributed by atoms with van der Waals surface area (Å²) < 4.78 is 5.82. The van der Waals surface area contributed by atoms with E-state index in [4.69, 9.17) is 4.74 Å². The van der Waals surface area contributed by atoms with Crippen LogP contribution in [-0.2, 0) is 4.79 Å². The lowest BCUT2D eigenvalue weighted by Crippen LogP contribution is -2.33. The Morgan fingerprint density at radius 2 is 1.74 bits per heavy atom. The van der Waals surface area contributed by atoms with Crippen LogP contribution >= 0.6 is 0 Å². The number of para-hydroxylation sites is 1. The molecule has 0 radical (unpaired) electrons. The quantitative estimate of drug-likeness (QED) is 0.648. The van der Waals surface area contributed by atoms with Crippen molar-refractivity contribution in [1.82, 2.24) is 5.32 Å². The van der Waals surface area contributed by atoms with Gasteiger partial charge in [0.2, 0.25) is 0 Å². The van der Waals surface area contributed by atoms with Gasteiger partial charge in [0.25, 0.3) is 11.8 Å². The Kier molecular flexibility index (Phi) is 7.86. The Balaban J connectivity index is 2.07. The number of anilines is 1. The average molecular weight is 368 g/mol. The van der Waals surface area contributed by atoms with Crippen LogP contribution in [0.3, 0.4) is 0 Å². The van der Waals surface area contributed by atoms with Gasteiger partial charge in [-0.2, -0.15) is 0 Å². The summed E-state index contributed by atoms with van der Waals surface area (Å²) in [5.74, 6) is 0.187. The van der Waals surface area contributed by atoms with Crippen LogP contribution in [0.4, 0.5) is 5.69 Å². The van der Waals surface area contributed by atoms with Gasteiger partial charge in [0.15, 0.2) is 6.10 Å². The number of amides is 2. The molecule has 0 aromatic heterocycles. The lowest BCUT2D eigenvalue weighted by Gasteiger charge is -2.18. The van der Waals surface area contributed by atoms with E-state index in [0.29, 0.717) is 30.0 Å². The predicted octanol–water partition coefficient (Wildman–Crippen LogP) is 4.32. The van der Waals surface area contributed by atoms with E-state index in [2.05, 4.69) is 17.6 Å². The van der Waals surface area contributed by atoms with Crippen molar-refractivity contribution in [3.8, 4) is 5.75 Å². The molecule has 0 spiro atoms. The van der Waals surface area contributed by atoms with Gasteiger partial charge in [-0.15, -0.1) is 0 Å². The van der Waals surface area contributed by atoms with Crippen molar-refractivity contribution < 1.29 is 14.3 Å². The highest BCUT2D eigenvalue weighted by Gasteiger charge is 2.21. The van der Waals surface area contributed by atoms with Gasteiger partial charge in [-0.05, 0) is 44.0 Å². The van der Waals surface area contributed by atoms with Crippen LogP contribution in [0.15, 0.2) is 48.5 Å². The van der Waals surface area contributed by atoms with Crippen LogP contribution < -0.4 is 15.4 Å². The van der Waals surface area contributed by atoms with E-state index >= 15 is 0 Å². The predicted molar refractivity (Wildman–Crippen MR) is 108 cm³/mol. The van der Waals surface area contributed by atoms with Crippen molar-refractivity contribution in [2.24, 2.45) is 0 Å². The molecular weight excluding hydrogens is 340 g/mol. The van der Waals surface area contributed by atoms with E-state index in [9.17, 15) is 9.59 Å². The Morgan fingerprint density at radius 3 is 2.41 bits per heavy atom. The van der Waals surface area contributed by atoms with Crippen LogP contribution in [0.25, 0.3) is 0 Å². The number of unbranched alkanes of at least 4 members (excludes halogenated alkanes) is 1. The molecule has 0 saturated heterocycles. The third kappa shape index (κ3) is 6.13. The molecule has 0 aliphatic heterocycles. The minimum atomic E-state index is -0.635. The van der Waals surface area contributed by atoms with E-state index in [-0.39, 0.29) is 11.8 Å². The molecule has 1 unspecified atom stereocenters. The largest absolute Gasteiger partial charge is 0.481 e. The summed E-state index contributed by atoms with van der Waals surface area (Å²) >= 11 is 0. The number of aryl methyl sites for hydroxylation is 1. The van der Waals surface area contributed by atoms with Gasteiger partial charge in [-0.25, -0.2) is 0 Å². The zero-order valence-electron chi connectivity index (χ0n) is 16.2. The summed E-state index contributed by atoms with van der Waals surface area (Å²) in [5, 5.41) is 5.72. The van der Waals surface area contributed by atoms with Gasteiger partial charge in [-0.1, -0.05) is 50.1 Å². The normalized spacial score (nSPS) is 11.5. The molecule has 0 bridgehead atoms. The molecular formula is C22H28N2O3. The summed E-state index contributed by atoms with van der Waals surface area (Å²) in [5.41, 5.74) is 2.07. The Bertz CT molecular complexity index is 756. The molecule has 2 aromatic rings. The van der Waals surface area contributed by atoms with E-state index < -0.39 is 6.10 Å². The van der Waals surface area contributed by atoms with E-state index in [1.165, 1.54) is 0 Å². The molecule has 5 nitrogen and oxygen atoms in total. The van der Waals surface area contributed by atoms with Crippen molar-refractivity contribution in [2.75, 3.05) is 11.9 Å². The molecule has 144 valence electrons. The number of rotatable bonds is 9. The molecule has 2 amide bonds. The minimum Gasteiger partial charge on any atom is -0.481 e. The third-order valence-electron chi connectivity index (χ3n) is 4.21. The summed E-state index contributed by atoms with van der Waals surface area (Å²) in [6.07, 6.45) is 1.81. The first-order chi connectivity index (χ1) is 13.0. The van der Waals surface area contributed by atoms with Crippen LogP contribution in [0.1, 0.15) is 49.0 Å². The number of carbonyl (C=O) groups excluding carboxylic acids is 2. The van der Waals surface area contributed by atoms with Gasteiger partial charge < -0.3 is 15.4 Å². The second-order valence-electron chi connectivity index (χ2n) is 6.47. The van der Waals surface area contributed by atoms with Gasteiger partial charge >= 0.3 is 0 Å². The van der Waals surface area contributed by atoms with E-state index in [1.807, 2.05) is 38.1 Å². The molecule has 2 rings (SSSR count). The SMILES string of the molecule is CCCCNC(=O)c1ccccc1NC(=O)C(CC)Oc1ccc(C)cc1. The molecule has 27 heavy (non-hydrogen) atoms. The first-order valence-electron chi connectivity index (χ1n) is 9.46. The average Bonchev–Trinajstić information content (AvgIpc) is 2.68. The second-order valence-corrected chi connectivity index (χ2v) is 6.47.